The number of hydrogen-bond donors (Lipinski definition) is 0. The van der Waals surface area contributed by atoms with E-state index in [0.29, 0.717) is 12.0 Å². The molecule has 0 bridgehead atoms. The van der Waals surface area contributed by atoms with Gasteiger partial charge in [-0.15, -0.1) is 0 Å². The van der Waals surface area contributed by atoms with Crippen molar-refractivity contribution in [3.63, 3.8) is 0 Å². The Morgan fingerprint density at radius 3 is 2.46 bits per heavy atom. The number of rotatable bonds is 3. The van der Waals surface area contributed by atoms with Crippen LogP contribution in [0.4, 0.5) is 0 Å². The highest BCUT2D eigenvalue weighted by molar-refractivity contribution is 5.34. The van der Waals surface area contributed by atoms with Gasteiger partial charge in [-0.3, -0.25) is 4.90 Å². The summed E-state index contributed by atoms with van der Waals surface area (Å²) in [4.78, 5) is 2.62. The zero-order valence-electron chi connectivity index (χ0n) is 14.3. The maximum absolute atomic E-state index is 6.15. The number of hydrogen-bond acceptors (Lipinski definition) is 2. The molecule has 2 aromatic carbocycles. The second-order valence-electron chi connectivity index (χ2n) is 6.99. The van der Waals surface area contributed by atoms with Crippen LogP contribution >= 0.6 is 0 Å². The van der Waals surface area contributed by atoms with Gasteiger partial charge in [-0.05, 0) is 29.0 Å². The zero-order valence-corrected chi connectivity index (χ0v) is 14.3. The van der Waals surface area contributed by atoms with Crippen molar-refractivity contribution in [3.8, 4) is 0 Å². The quantitative estimate of drug-likeness (QED) is 0.767. The molecule has 2 nitrogen and oxygen atoms in total. The Labute approximate surface area is 144 Å². The van der Waals surface area contributed by atoms with Crippen molar-refractivity contribution in [2.75, 3.05) is 13.2 Å². The lowest BCUT2D eigenvalue weighted by Crippen LogP contribution is -2.47. The number of ether oxygens (including phenoxy) is 1. The first-order chi connectivity index (χ1) is 11.8. The van der Waals surface area contributed by atoms with Gasteiger partial charge in [-0.2, -0.15) is 0 Å². The molecule has 0 unspecified atom stereocenters. The highest BCUT2D eigenvalue weighted by Gasteiger charge is 2.39. The average molecular weight is 319 g/mol. The van der Waals surface area contributed by atoms with Crippen LogP contribution in [0.5, 0.6) is 0 Å². The van der Waals surface area contributed by atoms with Crippen LogP contribution in [-0.2, 0) is 11.3 Å². The molecule has 24 heavy (non-hydrogen) atoms. The fourth-order valence-corrected chi connectivity index (χ4v) is 4.19. The van der Waals surface area contributed by atoms with E-state index < -0.39 is 0 Å². The lowest BCUT2D eigenvalue weighted by molar-refractivity contribution is -0.0189. The van der Waals surface area contributed by atoms with Crippen molar-refractivity contribution < 1.29 is 4.74 Å². The molecule has 4 rings (SSSR count). The summed E-state index contributed by atoms with van der Waals surface area (Å²) >= 11 is 0. The maximum atomic E-state index is 6.15. The molecule has 0 aromatic heterocycles. The molecule has 2 aliphatic rings. The van der Waals surface area contributed by atoms with Crippen LogP contribution in [0.3, 0.4) is 0 Å². The van der Waals surface area contributed by atoms with Crippen LogP contribution < -0.4 is 0 Å². The Morgan fingerprint density at radius 1 is 1.00 bits per heavy atom. The summed E-state index contributed by atoms with van der Waals surface area (Å²) in [5.74, 6) is 0.528. The van der Waals surface area contributed by atoms with Crippen LogP contribution in [-0.4, -0.2) is 24.2 Å². The third-order valence-electron chi connectivity index (χ3n) is 5.19. The van der Waals surface area contributed by atoms with Crippen LogP contribution in [0.1, 0.15) is 30.5 Å². The van der Waals surface area contributed by atoms with Crippen molar-refractivity contribution in [3.05, 3.63) is 83.4 Å². The number of fused-ring (bicyclic) bond motifs is 1. The topological polar surface area (TPSA) is 12.5 Å². The Kier molecular flexibility index (Phi) is 4.50. The van der Waals surface area contributed by atoms with Crippen molar-refractivity contribution >= 4 is 0 Å². The Hall–Kier alpha value is -1.90. The molecule has 2 aliphatic heterocycles. The molecule has 2 heteroatoms. The smallest absolute Gasteiger partial charge is 0.0841 e. The monoisotopic (exact) mass is 319 g/mol. The Morgan fingerprint density at radius 2 is 1.71 bits per heavy atom. The minimum absolute atomic E-state index is 0.274. The molecule has 0 amide bonds. The highest BCUT2D eigenvalue weighted by atomic mass is 16.5. The van der Waals surface area contributed by atoms with E-state index in [1.165, 1.54) is 16.7 Å². The fraction of sp³-hybridized carbons (Fsp3) is 0.364. The molecule has 2 aromatic rings. The normalized spacial score (nSPS) is 27.4. The highest BCUT2D eigenvalue weighted by Crippen LogP contribution is 2.41. The second-order valence-corrected chi connectivity index (χ2v) is 6.99. The van der Waals surface area contributed by atoms with E-state index in [1.807, 2.05) is 0 Å². The predicted molar refractivity (Wildman–Crippen MR) is 97.6 cm³/mol. The summed E-state index contributed by atoms with van der Waals surface area (Å²) in [7, 11) is 0. The first-order valence-electron chi connectivity index (χ1n) is 8.97. The first-order valence-corrected chi connectivity index (χ1v) is 8.97. The van der Waals surface area contributed by atoms with E-state index in [9.17, 15) is 0 Å². The van der Waals surface area contributed by atoms with Crippen molar-refractivity contribution in [1.29, 1.82) is 0 Å². The lowest BCUT2D eigenvalue weighted by Gasteiger charge is -2.46. The summed E-state index contributed by atoms with van der Waals surface area (Å²) in [6.07, 6.45) is 3.73. The Bertz CT molecular complexity index is 694. The third-order valence-corrected chi connectivity index (χ3v) is 5.19. The Balaban J connectivity index is 1.71. The largest absolute Gasteiger partial charge is 0.373 e. The van der Waals surface area contributed by atoms with Gasteiger partial charge in [0.05, 0.1) is 18.8 Å². The molecule has 1 fully saturated rings. The van der Waals surface area contributed by atoms with Gasteiger partial charge in [0.2, 0.25) is 0 Å². The van der Waals surface area contributed by atoms with E-state index >= 15 is 0 Å². The van der Waals surface area contributed by atoms with E-state index in [-0.39, 0.29) is 6.10 Å². The van der Waals surface area contributed by atoms with Gasteiger partial charge in [-0.1, -0.05) is 73.7 Å². The summed E-state index contributed by atoms with van der Waals surface area (Å²) in [6.45, 7) is 5.23. The minimum atomic E-state index is 0.274. The lowest BCUT2D eigenvalue weighted by atomic mass is 9.81. The average Bonchev–Trinajstić information content (AvgIpc) is 2.64. The van der Waals surface area contributed by atoms with Gasteiger partial charge >= 0.3 is 0 Å². The standard InChI is InChI=1S/C22H25NO/c1-17-15-23(16-18-9-4-2-5-10-18)21(19-11-6-3-7-12-19)20-13-8-14-24-22(17)20/h2-7,9-13,17,21-22H,8,14-16H2,1H3/t17-,21+,22-/m0/s1. The minimum Gasteiger partial charge on any atom is -0.373 e. The van der Waals surface area contributed by atoms with Crippen molar-refractivity contribution in [2.24, 2.45) is 5.92 Å². The third kappa shape index (κ3) is 3.04. The van der Waals surface area contributed by atoms with Crippen LogP contribution in [0, 0.1) is 5.92 Å². The second kappa shape index (κ2) is 6.92. The van der Waals surface area contributed by atoms with Crippen LogP contribution in [0.2, 0.25) is 0 Å². The van der Waals surface area contributed by atoms with E-state index in [2.05, 4.69) is 78.6 Å². The fourth-order valence-electron chi connectivity index (χ4n) is 4.19. The summed E-state index contributed by atoms with van der Waals surface area (Å²) < 4.78 is 6.15. The molecule has 2 heterocycles. The van der Waals surface area contributed by atoms with Gasteiger partial charge < -0.3 is 4.74 Å². The molecule has 3 atom stereocenters. The number of benzene rings is 2. The van der Waals surface area contributed by atoms with Crippen LogP contribution in [0.25, 0.3) is 0 Å². The molecular formula is C22H25NO. The summed E-state index contributed by atoms with van der Waals surface area (Å²) in [5, 5.41) is 0. The van der Waals surface area contributed by atoms with Gasteiger partial charge in [0, 0.05) is 13.1 Å². The van der Waals surface area contributed by atoms with Gasteiger partial charge in [0.15, 0.2) is 0 Å². The van der Waals surface area contributed by atoms with Crippen LogP contribution in [0.15, 0.2) is 72.3 Å². The molecule has 1 saturated heterocycles. The SMILES string of the molecule is C[C@H]1CN(Cc2ccccc2)[C@H](c2ccccc2)C2=CCCO[C@H]21. The predicted octanol–water partition coefficient (Wildman–Crippen LogP) is 4.59. The van der Waals surface area contributed by atoms with Gasteiger partial charge in [-0.25, -0.2) is 0 Å². The van der Waals surface area contributed by atoms with Gasteiger partial charge in [0.25, 0.3) is 0 Å². The van der Waals surface area contributed by atoms with E-state index in [4.69, 9.17) is 4.74 Å². The zero-order chi connectivity index (χ0) is 16.4. The first kappa shape index (κ1) is 15.6. The molecule has 0 aliphatic carbocycles. The molecule has 124 valence electrons. The molecule has 0 saturated carbocycles. The summed E-state index contributed by atoms with van der Waals surface area (Å²) in [6, 6.07) is 22.0. The van der Waals surface area contributed by atoms with E-state index in [0.717, 1.165) is 26.1 Å². The van der Waals surface area contributed by atoms with Crippen molar-refractivity contribution in [2.45, 2.75) is 32.0 Å². The van der Waals surface area contributed by atoms with Crippen molar-refractivity contribution in [1.82, 2.24) is 4.90 Å². The summed E-state index contributed by atoms with van der Waals surface area (Å²) in [5.41, 5.74) is 4.21. The molecule has 0 N–H and O–H groups in total. The molecule has 0 spiro atoms. The van der Waals surface area contributed by atoms with E-state index in [1.54, 1.807) is 0 Å². The molecule has 0 radical (unpaired) electrons. The number of piperidine rings is 1. The van der Waals surface area contributed by atoms with Gasteiger partial charge in [0.1, 0.15) is 0 Å². The number of likely N-dealkylation sites (tertiary alicyclic amines) is 1. The molecular weight excluding hydrogens is 294 g/mol. The maximum Gasteiger partial charge on any atom is 0.0841 e. The number of nitrogens with zero attached hydrogens (tertiary/aromatic N) is 1.